The summed E-state index contributed by atoms with van der Waals surface area (Å²) < 4.78 is 6.86. The molecule has 2 amide bonds. The molecule has 2 aliphatic heterocycles. The van der Waals surface area contributed by atoms with Gasteiger partial charge in [-0.2, -0.15) is 0 Å². The second kappa shape index (κ2) is 10.1. The second-order valence-electron chi connectivity index (χ2n) is 9.32. The highest BCUT2D eigenvalue weighted by Gasteiger charge is 2.30. The fourth-order valence-corrected chi connectivity index (χ4v) is 4.99. The first-order valence-corrected chi connectivity index (χ1v) is 12.2. The molecule has 0 spiro atoms. The Morgan fingerprint density at radius 2 is 1.74 bits per heavy atom. The lowest BCUT2D eigenvalue weighted by Crippen LogP contribution is -2.45. The van der Waals surface area contributed by atoms with Gasteiger partial charge in [0.05, 0.1) is 24.1 Å². The molecule has 0 bridgehead atoms. The van der Waals surface area contributed by atoms with Gasteiger partial charge in [0.15, 0.2) is 0 Å². The molecule has 0 radical (unpaired) electrons. The largest absolute Gasteiger partial charge is 0.379 e. The summed E-state index contributed by atoms with van der Waals surface area (Å²) in [5, 5.41) is 2.83. The van der Waals surface area contributed by atoms with Crippen molar-refractivity contribution in [3.05, 3.63) is 75.3 Å². The Balaban J connectivity index is 1.33. The van der Waals surface area contributed by atoms with Crippen LogP contribution in [0.1, 0.15) is 41.4 Å². The third-order valence-corrected chi connectivity index (χ3v) is 6.93. The Labute approximate surface area is 203 Å². The van der Waals surface area contributed by atoms with E-state index in [4.69, 9.17) is 9.72 Å². The summed E-state index contributed by atoms with van der Waals surface area (Å²) in [5.74, 6) is -0.264. The number of hydrogen-bond donors (Lipinski definition) is 1. The first-order chi connectivity index (χ1) is 17.0. The van der Waals surface area contributed by atoms with E-state index in [0.29, 0.717) is 23.1 Å². The number of fused-ring (bicyclic) bond motifs is 1. The monoisotopic (exact) mass is 474 g/mol. The molecule has 3 heterocycles. The van der Waals surface area contributed by atoms with E-state index in [-0.39, 0.29) is 17.9 Å². The van der Waals surface area contributed by atoms with Gasteiger partial charge < -0.3 is 4.74 Å². The van der Waals surface area contributed by atoms with Crippen LogP contribution in [0.25, 0.3) is 10.9 Å². The number of aromatic nitrogens is 2. The molecule has 5 rings (SSSR count). The van der Waals surface area contributed by atoms with E-state index in [9.17, 15) is 14.4 Å². The molecule has 2 saturated heterocycles. The van der Waals surface area contributed by atoms with Crippen molar-refractivity contribution in [1.29, 1.82) is 0 Å². The van der Waals surface area contributed by atoms with E-state index in [1.54, 1.807) is 13.0 Å². The minimum atomic E-state index is -0.711. The van der Waals surface area contributed by atoms with Crippen LogP contribution in [0, 0.1) is 6.92 Å². The quantitative estimate of drug-likeness (QED) is 0.551. The van der Waals surface area contributed by atoms with Crippen LogP contribution in [0.4, 0.5) is 0 Å². The zero-order valence-electron chi connectivity index (χ0n) is 20.0. The molecule has 0 aliphatic carbocycles. The number of nitrogens with one attached hydrogen (secondary N) is 1. The number of amides is 2. The van der Waals surface area contributed by atoms with Gasteiger partial charge in [0.1, 0.15) is 11.9 Å². The highest BCUT2D eigenvalue weighted by molar-refractivity contribution is 5.99. The molecule has 1 atom stereocenters. The average Bonchev–Trinajstić information content (AvgIpc) is 2.86. The molecule has 2 fully saturated rings. The number of piperidine rings is 1. The fraction of sp³-hybridized carbons (Fsp3) is 0.407. The second-order valence-corrected chi connectivity index (χ2v) is 9.32. The zero-order valence-corrected chi connectivity index (χ0v) is 20.0. The number of para-hydroxylation sites is 1. The molecule has 1 aromatic heterocycles. The molecule has 2 aromatic carbocycles. The van der Waals surface area contributed by atoms with Gasteiger partial charge >= 0.3 is 0 Å². The Kier molecular flexibility index (Phi) is 6.74. The van der Waals surface area contributed by atoms with Crippen molar-refractivity contribution in [3.63, 3.8) is 0 Å². The molecule has 8 nitrogen and oxygen atoms in total. The van der Waals surface area contributed by atoms with Crippen molar-refractivity contribution < 1.29 is 14.3 Å². The summed E-state index contributed by atoms with van der Waals surface area (Å²) in [6.07, 6.45) is 2.12. The van der Waals surface area contributed by atoms with Gasteiger partial charge in [-0.25, -0.2) is 4.98 Å². The van der Waals surface area contributed by atoms with E-state index in [2.05, 4.69) is 34.5 Å². The van der Waals surface area contributed by atoms with Crippen LogP contribution in [0.15, 0.2) is 47.3 Å². The number of carbonyl (C=O) groups is 2. The summed E-state index contributed by atoms with van der Waals surface area (Å²) >= 11 is 0. The maximum Gasteiger partial charge on any atom is 0.262 e. The smallest absolute Gasteiger partial charge is 0.262 e. The highest BCUT2D eigenvalue weighted by Crippen LogP contribution is 2.22. The van der Waals surface area contributed by atoms with Crippen LogP contribution in [0.5, 0.6) is 0 Å². The summed E-state index contributed by atoms with van der Waals surface area (Å²) in [5.41, 5.74) is 3.99. The number of aryl methyl sites for hydroxylation is 3. The molecule has 35 heavy (non-hydrogen) atoms. The standard InChI is InChI=1S/C27H30N4O4/c1-18-28-25-21(10-9-19-5-7-20(8-6-19)17-30-13-15-35-16-14-30)3-2-4-22(25)27(34)31(18)23-11-12-24(32)29-26(23)33/h2-8,23H,9-17H2,1H3,(H,29,32,33). The topological polar surface area (TPSA) is 93.5 Å². The maximum atomic E-state index is 13.3. The number of carbonyl (C=O) groups excluding carboxylic acids is 2. The number of hydrogen-bond acceptors (Lipinski definition) is 6. The van der Waals surface area contributed by atoms with Crippen molar-refractivity contribution in [2.24, 2.45) is 0 Å². The Bertz CT molecular complexity index is 1310. The third-order valence-electron chi connectivity index (χ3n) is 6.93. The highest BCUT2D eigenvalue weighted by atomic mass is 16.5. The molecule has 3 aromatic rings. The van der Waals surface area contributed by atoms with Crippen LogP contribution in [-0.4, -0.2) is 52.6 Å². The van der Waals surface area contributed by atoms with E-state index in [1.165, 1.54) is 15.7 Å². The Hall–Kier alpha value is -3.36. The summed E-state index contributed by atoms with van der Waals surface area (Å²) in [6, 6.07) is 13.7. The fourth-order valence-electron chi connectivity index (χ4n) is 4.99. The minimum absolute atomic E-state index is 0.214. The number of imide groups is 1. The molecule has 0 saturated carbocycles. The SMILES string of the molecule is Cc1nc2c(CCc3ccc(CN4CCOCC4)cc3)cccc2c(=O)n1C1CCC(=O)NC1=O. The van der Waals surface area contributed by atoms with Crippen LogP contribution in [0.3, 0.4) is 0 Å². The maximum absolute atomic E-state index is 13.3. The van der Waals surface area contributed by atoms with Crippen LogP contribution >= 0.6 is 0 Å². The minimum Gasteiger partial charge on any atom is -0.379 e. The van der Waals surface area contributed by atoms with Crippen molar-refractivity contribution >= 4 is 22.7 Å². The lowest BCUT2D eigenvalue weighted by Gasteiger charge is -2.26. The van der Waals surface area contributed by atoms with E-state index >= 15 is 0 Å². The van der Waals surface area contributed by atoms with Gasteiger partial charge in [0, 0.05) is 26.1 Å². The van der Waals surface area contributed by atoms with Crippen LogP contribution in [0.2, 0.25) is 0 Å². The molecular weight excluding hydrogens is 444 g/mol. The van der Waals surface area contributed by atoms with Crippen molar-refractivity contribution in [3.8, 4) is 0 Å². The number of nitrogens with zero attached hydrogens (tertiary/aromatic N) is 3. The molecule has 182 valence electrons. The van der Waals surface area contributed by atoms with E-state index in [1.807, 2.05) is 12.1 Å². The molecule has 1 N–H and O–H groups in total. The summed E-state index contributed by atoms with van der Waals surface area (Å²) in [4.78, 5) is 44.4. The molecule has 8 heteroatoms. The number of morpholine rings is 1. The van der Waals surface area contributed by atoms with Crippen molar-refractivity contribution in [1.82, 2.24) is 19.8 Å². The van der Waals surface area contributed by atoms with Gasteiger partial charge in [-0.15, -0.1) is 0 Å². The third kappa shape index (κ3) is 5.04. The predicted molar refractivity (Wildman–Crippen MR) is 132 cm³/mol. The Morgan fingerprint density at radius 1 is 1.00 bits per heavy atom. The van der Waals surface area contributed by atoms with Gasteiger partial charge in [0.25, 0.3) is 5.56 Å². The van der Waals surface area contributed by atoms with Crippen LogP contribution < -0.4 is 10.9 Å². The van der Waals surface area contributed by atoms with E-state index < -0.39 is 11.9 Å². The first-order valence-electron chi connectivity index (χ1n) is 12.2. The van der Waals surface area contributed by atoms with E-state index in [0.717, 1.165) is 51.3 Å². The predicted octanol–water partition coefficient (Wildman–Crippen LogP) is 2.30. The first kappa shape index (κ1) is 23.4. The molecular formula is C27H30N4O4. The number of benzene rings is 2. The molecule has 1 unspecified atom stereocenters. The summed E-state index contributed by atoms with van der Waals surface area (Å²) in [7, 11) is 0. The normalized spacial score (nSPS) is 19.2. The lowest BCUT2D eigenvalue weighted by atomic mass is 10.0. The van der Waals surface area contributed by atoms with Gasteiger partial charge in [-0.05, 0) is 48.9 Å². The average molecular weight is 475 g/mol. The van der Waals surface area contributed by atoms with Gasteiger partial charge in [-0.3, -0.25) is 29.2 Å². The van der Waals surface area contributed by atoms with Gasteiger partial charge in [0.2, 0.25) is 11.8 Å². The number of ether oxygens (including phenoxy) is 1. The Morgan fingerprint density at radius 3 is 2.49 bits per heavy atom. The molecule has 2 aliphatic rings. The van der Waals surface area contributed by atoms with Crippen molar-refractivity contribution in [2.75, 3.05) is 26.3 Å². The summed E-state index contributed by atoms with van der Waals surface area (Å²) in [6.45, 7) is 6.23. The lowest BCUT2D eigenvalue weighted by molar-refractivity contribution is -0.135. The van der Waals surface area contributed by atoms with Crippen LogP contribution in [-0.2, 0) is 33.7 Å². The van der Waals surface area contributed by atoms with Gasteiger partial charge in [-0.1, -0.05) is 36.4 Å². The zero-order chi connectivity index (χ0) is 24.4. The van der Waals surface area contributed by atoms with Crippen molar-refractivity contribution in [2.45, 2.75) is 45.2 Å². The number of rotatable bonds is 6.